The van der Waals surface area contributed by atoms with Gasteiger partial charge in [-0.2, -0.15) is 0 Å². The number of nitrogens with one attached hydrogen (secondary N) is 2. The average molecular weight is 330 g/mol. The largest absolute Gasteiger partial charge is 0.388 e. The summed E-state index contributed by atoms with van der Waals surface area (Å²) in [5, 5.41) is 14.5. The molecular formula is C20H18N4O. The molecule has 0 fully saturated rings. The van der Waals surface area contributed by atoms with E-state index in [4.69, 9.17) is 4.63 Å². The van der Waals surface area contributed by atoms with Crippen LogP contribution < -0.4 is 10.6 Å². The van der Waals surface area contributed by atoms with E-state index in [9.17, 15) is 0 Å². The smallest absolute Gasteiger partial charge is 0.143 e. The molecule has 0 saturated carbocycles. The molecule has 0 atom stereocenters. The first kappa shape index (κ1) is 15.2. The van der Waals surface area contributed by atoms with Crippen molar-refractivity contribution >= 4 is 22.4 Å². The van der Waals surface area contributed by atoms with Crippen LogP contribution in [0.1, 0.15) is 0 Å². The van der Waals surface area contributed by atoms with Gasteiger partial charge in [0.25, 0.3) is 0 Å². The lowest BCUT2D eigenvalue weighted by Gasteiger charge is -2.08. The van der Waals surface area contributed by atoms with Crippen LogP contribution in [0.3, 0.4) is 0 Å². The predicted octanol–water partition coefficient (Wildman–Crippen LogP) is 4.64. The number of hydrogen-bond acceptors (Lipinski definition) is 5. The van der Waals surface area contributed by atoms with Gasteiger partial charge in [-0.1, -0.05) is 36.4 Å². The Morgan fingerprint density at radius 2 is 1.00 bits per heavy atom. The highest BCUT2D eigenvalue weighted by Crippen LogP contribution is 2.34. The van der Waals surface area contributed by atoms with Crippen LogP contribution in [0.15, 0.2) is 65.3 Å². The molecule has 1 aromatic heterocycles. The van der Waals surface area contributed by atoms with Gasteiger partial charge in [0.15, 0.2) is 0 Å². The molecule has 0 aliphatic rings. The maximum absolute atomic E-state index is 5.05. The number of benzene rings is 3. The molecule has 124 valence electrons. The fourth-order valence-electron chi connectivity index (χ4n) is 2.97. The minimum absolute atomic E-state index is 0.771. The molecule has 1 heterocycles. The van der Waals surface area contributed by atoms with Crippen LogP contribution >= 0.6 is 0 Å². The van der Waals surface area contributed by atoms with Crippen molar-refractivity contribution < 1.29 is 4.63 Å². The van der Waals surface area contributed by atoms with E-state index in [1.807, 2.05) is 38.4 Å². The van der Waals surface area contributed by atoms with Crippen molar-refractivity contribution in [3.63, 3.8) is 0 Å². The zero-order chi connectivity index (χ0) is 17.2. The predicted molar refractivity (Wildman–Crippen MR) is 102 cm³/mol. The van der Waals surface area contributed by atoms with Gasteiger partial charge in [-0.05, 0) is 45.7 Å². The van der Waals surface area contributed by atoms with Crippen molar-refractivity contribution in [2.24, 2.45) is 0 Å². The summed E-state index contributed by atoms with van der Waals surface area (Å²) in [5.74, 6) is 0. The van der Waals surface area contributed by atoms with Crippen molar-refractivity contribution in [2.45, 2.75) is 0 Å². The van der Waals surface area contributed by atoms with E-state index >= 15 is 0 Å². The molecule has 0 aliphatic carbocycles. The molecule has 0 spiro atoms. The number of anilines is 2. The van der Waals surface area contributed by atoms with E-state index in [-0.39, 0.29) is 0 Å². The van der Waals surface area contributed by atoms with Crippen LogP contribution in [-0.4, -0.2) is 24.4 Å². The third-order valence-corrected chi connectivity index (χ3v) is 4.38. The molecule has 5 nitrogen and oxygen atoms in total. The maximum atomic E-state index is 5.05. The van der Waals surface area contributed by atoms with Crippen molar-refractivity contribution in [3.8, 4) is 22.3 Å². The summed E-state index contributed by atoms with van der Waals surface area (Å²) in [7, 11) is 3.81. The first-order valence-corrected chi connectivity index (χ1v) is 8.12. The Balaban J connectivity index is 1.82. The van der Waals surface area contributed by atoms with Gasteiger partial charge in [0.05, 0.1) is 0 Å². The van der Waals surface area contributed by atoms with Crippen LogP contribution in [0.5, 0.6) is 0 Å². The van der Waals surface area contributed by atoms with E-state index in [1.54, 1.807) is 0 Å². The van der Waals surface area contributed by atoms with Crippen molar-refractivity contribution in [3.05, 3.63) is 60.7 Å². The molecule has 4 aromatic rings. The Kier molecular flexibility index (Phi) is 3.82. The van der Waals surface area contributed by atoms with Crippen molar-refractivity contribution in [1.29, 1.82) is 0 Å². The first-order chi connectivity index (χ1) is 12.3. The SMILES string of the molecule is CNc1ccc(-c2ccc(-c3ccc(NC)cc3)c3nonc23)cc1. The third kappa shape index (κ3) is 2.70. The summed E-state index contributed by atoms with van der Waals surface area (Å²) < 4.78 is 5.05. The Hall–Kier alpha value is -3.34. The van der Waals surface area contributed by atoms with Crippen molar-refractivity contribution in [1.82, 2.24) is 10.3 Å². The fourth-order valence-corrected chi connectivity index (χ4v) is 2.97. The van der Waals surface area contributed by atoms with Crippen LogP contribution in [0, 0.1) is 0 Å². The molecule has 0 radical (unpaired) electrons. The standard InChI is InChI=1S/C20H18N4O/c1-21-15-7-3-13(4-8-15)17-11-12-18(20-19(17)23-25-24-20)14-5-9-16(22-2)10-6-14/h3-12,21-22H,1-2H3. The number of hydrogen-bond donors (Lipinski definition) is 2. The van der Waals surface area contributed by atoms with Gasteiger partial charge in [0.2, 0.25) is 0 Å². The second-order valence-electron chi connectivity index (χ2n) is 5.78. The van der Waals surface area contributed by atoms with E-state index in [0.29, 0.717) is 0 Å². The quantitative estimate of drug-likeness (QED) is 0.571. The summed E-state index contributed by atoms with van der Waals surface area (Å²) in [5.41, 5.74) is 7.86. The minimum Gasteiger partial charge on any atom is -0.388 e. The molecule has 4 rings (SSSR count). The summed E-state index contributed by atoms with van der Waals surface area (Å²) in [4.78, 5) is 0. The Morgan fingerprint density at radius 1 is 0.600 bits per heavy atom. The molecule has 2 N–H and O–H groups in total. The van der Waals surface area contributed by atoms with E-state index in [1.165, 1.54) is 0 Å². The van der Waals surface area contributed by atoms with Crippen molar-refractivity contribution in [2.75, 3.05) is 24.7 Å². The summed E-state index contributed by atoms with van der Waals surface area (Å²) in [6.45, 7) is 0. The Labute approximate surface area is 145 Å². The normalized spacial score (nSPS) is 10.8. The van der Waals surface area contributed by atoms with Crippen LogP contribution in [-0.2, 0) is 0 Å². The van der Waals surface area contributed by atoms with Gasteiger partial charge < -0.3 is 10.6 Å². The summed E-state index contributed by atoms with van der Waals surface area (Å²) in [6, 6.07) is 20.6. The molecule has 3 aromatic carbocycles. The molecular weight excluding hydrogens is 312 g/mol. The van der Waals surface area contributed by atoms with E-state index < -0.39 is 0 Å². The first-order valence-electron chi connectivity index (χ1n) is 8.12. The third-order valence-electron chi connectivity index (χ3n) is 4.38. The van der Waals surface area contributed by atoms with E-state index in [0.717, 1.165) is 44.7 Å². The topological polar surface area (TPSA) is 63.0 Å². The second-order valence-corrected chi connectivity index (χ2v) is 5.78. The van der Waals surface area contributed by atoms with E-state index in [2.05, 4.69) is 57.3 Å². The van der Waals surface area contributed by atoms with Gasteiger partial charge in [0.1, 0.15) is 11.0 Å². The zero-order valence-electron chi connectivity index (χ0n) is 14.1. The Morgan fingerprint density at radius 3 is 1.36 bits per heavy atom. The van der Waals surface area contributed by atoms with Gasteiger partial charge >= 0.3 is 0 Å². The zero-order valence-corrected chi connectivity index (χ0v) is 14.1. The molecule has 5 heteroatoms. The molecule has 0 bridgehead atoms. The molecule has 25 heavy (non-hydrogen) atoms. The number of fused-ring (bicyclic) bond motifs is 1. The second kappa shape index (κ2) is 6.28. The lowest BCUT2D eigenvalue weighted by atomic mass is 9.97. The highest BCUT2D eigenvalue weighted by Gasteiger charge is 2.14. The van der Waals surface area contributed by atoms with Gasteiger partial charge in [-0.25, -0.2) is 4.63 Å². The lowest BCUT2D eigenvalue weighted by Crippen LogP contribution is -1.89. The van der Waals surface area contributed by atoms with Gasteiger partial charge in [-0.15, -0.1) is 0 Å². The average Bonchev–Trinajstić information content (AvgIpc) is 3.17. The molecule has 0 aliphatic heterocycles. The molecule has 0 saturated heterocycles. The summed E-state index contributed by atoms with van der Waals surface area (Å²) >= 11 is 0. The molecule has 0 amide bonds. The Bertz CT molecular complexity index is 923. The number of nitrogens with zero attached hydrogens (tertiary/aromatic N) is 2. The van der Waals surface area contributed by atoms with Crippen LogP contribution in [0.25, 0.3) is 33.3 Å². The lowest BCUT2D eigenvalue weighted by molar-refractivity contribution is 0.315. The van der Waals surface area contributed by atoms with Crippen LogP contribution in [0.2, 0.25) is 0 Å². The van der Waals surface area contributed by atoms with Gasteiger partial charge in [0, 0.05) is 36.6 Å². The highest BCUT2D eigenvalue weighted by molar-refractivity contribution is 6.00. The van der Waals surface area contributed by atoms with Crippen LogP contribution in [0.4, 0.5) is 11.4 Å². The fraction of sp³-hybridized carbons (Fsp3) is 0.100. The molecule has 0 unspecified atom stereocenters. The number of rotatable bonds is 4. The number of aromatic nitrogens is 2. The van der Waals surface area contributed by atoms with Gasteiger partial charge in [-0.3, -0.25) is 0 Å². The summed E-state index contributed by atoms with van der Waals surface area (Å²) in [6.07, 6.45) is 0. The monoisotopic (exact) mass is 330 g/mol. The maximum Gasteiger partial charge on any atom is 0.143 e. The minimum atomic E-state index is 0.771. The highest BCUT2D eigenvalue weighted by atomic mass is 16.6.